The minimum Gasteiger partial charge on any atom is -0.477 e. The van der Waals surface area contributed by atoms with E-state index in [1.54, 1.807) is 42.5 Å². The fraction of sp³-hybridized carbons (Fsp3) is 0.167. The van der Waals surface area contributed by atoms with Crippen LogP contribution in [0.25, 0.3) is 11.6 Å². The van der Waals surface area contributed by atoms with Crippen molar-refractivity contribution in [3.05, 3.63) is 76.6 Å². The zero-order valence-electron chi connectivity index (χ0n) is 17.5. The number of benzene rings is 2. The molecule has 3 aromatic rings. The summed E-state index contributed by atoms with van der Waals surface area (Å²) in [7, 11) is -3.87. The van der Waals surface area contributed by atoms with Crippen molar-refractivity contribution in [3.8, 4) is 0 Å². The number of hydrogen-bond acceptors (Lipinski definition) is 4. The average Bonchev–Trinajstić information content (AvgIpc) is 3.32. The Kier molecular flexibility index (Phi) is 5.05. The van der Waals surface area contributed by atoms with E-state index in [-0.39, 0.29) is 22.1 Å². The van der Waals surface area contributed by atoms with Gasteiger partial charge in [0.25, 0.3) is 15.9 Å². The lowest BCUT2D eigenvalue weighted by molar-refractivity contribution is -0.110. The van der Waals surface area contributed by atoms with Gasteiger partial charge in [-0.2, -0.15) is 0 Å². The van der Waals surface area contributed by atoms with Crippen LogP contribution in [0.5, 0.6) is 0 Å². The van der Waals surface area contributed by atoms with Gasteiger partial charge in [-0.25, -0.2) is 13.2 Å². The number of H-pyrrole nitrogens is 1. The largest absolute Gasteiger partial charge is 0.477 e. The molecule has 1 amide bonds. The van der Waals surface area contributed by atoms with Crippen LogP contribution in [-0.2, 0) is 27.7 Å². The first-order chi connectivity index (χ1) is 15.8. The van der Waals surface area contributed by atoms with Gasteiger partial charge in [0.05, 0.1) is 10.5 Å². The van der Waals surface area contributed by atoms with Gasteiger partial charge >= 0.3 is 5.97 Å². The number of aromatic amines is 1. The summed E-state index contributed by atoms with van der Waals surface area (Å²) in [6, 6.07) is 13.0. The van der Waals surface area contributed by atoms with Crippen LogP contribution < -0.4 is 10.0 Å². The molecule has 4 N–H and O–H groups in total. The molecule has 0 spiro atoms. The molecule has 168 valence electrons. The Morgan fingerprint density at radius 3 is 2.48 bits per heavy atom. The molecular weight excluding hydrogens is 442 g/mol. The second kappa shape index (κ2) is 7.93. The van der Waals surface area contributed by atoms with E-state index in [9.17, 15) is 23.1 Å². The standard InChI is InChI=1S/C24H21N3O5S/c28-23-19(13-21-16-8-4-5-9-17(16)22(25-21)24(29)30)18-12-15(10-11-20(18)26-23)33(31,32)27-14-6-2-1-3-7-14/h1-3,6-7,10-13,25,27H,4-5,8-9H2,(H,26,28)(H,29,30). The van der Waals surface area contributed by atoms with E-state index in [0.717, 1.165) is 30.4 Å². The molecule has 0 saturated carbocycles. The number of carbonyl (C=O) groups excluding carboxylic acids is 1. The van der Waals surface area contributed by atoms with Crippen molar-refractivity contribution in [2.75, 3.05) is 10.0 Å². The highest BCUT2D eigenvalue weighted by Gasteiger charge is 2.29. The first kappa shape index (κ1) is 21.0. The number of rotatable bonds is 5. The molecule has 1 aromatic heterocycles. The number of carboxylic acid groups (broad SMARTS) is 1. The van der Waals surface area contributed by atoms with Crippen LogP contribution in [0.15, 0.2) is 53.4 Å². The van der Waals surface area contributed by atoms with Gasteiger partial charge in [0.15, 0.2) is 0 Å². The molecule has 0 unspecified atom stereocenters. The summed E-state index contributed by atoms with van der Waals surface area (Å²) in [5.41, 5.74) is 4.09. The SMILES string of the molecule is O=C1Nc2ccc(S(=O)(=O)Nc3ccccc3)cc2C1=Cc1[nH]c(C(=O)O)c2c1CCCC2. The molecule has 1 aliphatic heterocycles. The summed E-state index contributed by atoms with van der Waals surface area (Å²) in [5, 5.41) is 12.3. The maximum Gasteiger partial charge on any atom is 0.352 e. The Hall–Kier alpha value is -3.85. The summed E-state index contributed by atoms with van der Waals surface area (Å²) < 4.78 is 28.4. The van der Waals surface area contributed by atoms with E-state index in [1.165, 1.54) is 12.1 Å². The highest BCUT2D eigenvalue weighted by Crippen LogP contribution is 2.37. The van der Waals surface area contributed by atoms with E-state index < -0.39 is 16.0 Å². The van der Waals surface area contributed by atoms with Crippen LogP contribution in [0, 0.1) is 0 Å². The van der Waals surface area contributed by atoms with Crippen molar-refractivity contribution in [1.29, 1.82) is 0 Å². The molecule has 2 aliphatic rings. The number of sulfonamides is 1. The fourth-order valence-electron chi connectivity index (χ4n) is 4.41. The van der Waals surface area contributed by atoms with E-state index in [4.69, 9.17) is 0 Å². The third kappa shape index (κ3) is 3.80. The number of carboxylic acids is 1. The van der Waals surface area contributed by atoms with Gasteiger partial charge in [0, 0.05) is 22.6 Å². The van der Waals surface area contributed by atoms with E-state index >= 15 is 0 Å². The zero-order chi connectivity index (χ0) is 23.2. The Morgan fingerprint density at radius 1 is 1.03 bits per heavy atom. The fourth-order valence-corrected chi connectivity index (χ4v) is 5.50. The quantitative estimate of drug-likeness (QED) is 0.427. The maximum atomic E-state index is 12.9. The number of aromatic nitrogens is 1. The van der Waals surface area contributed by atoms with Crippen LogP contribution in [0.3, 0.4) is 0 Å². The van der Waals surface area contributed by atoms with Gasteiger partial charge in [0.1, 0.15) is 5.69 Å². The number of aromatic carboxylic acids is 1. The molecule has 0 saturated heterocycles. The van der Waals surface area contributed by atoms with Gasteiger partial charge < -0.3 is 15.4 Å². The maximum absolute atomic E-state index is 12.9. The molecule has 2 aromatic carbocycles. The Morgan fingerprint density at radius 2 is 1.76 bits per heavy atom. The molecular formula is C24H21N3O5S. The number of fused-ring (bicyclic) bond motifs is 2. The average molecular weight is 464 g/mol. The number of hydrogen-bond donors (Lipinski definition) is 4. The summed E-state index contributed by atoms with van der Waals surface area (Å²) in [6.07, 6.45) is 4.88. The smallest absolute Gasteiger partial charge is 0.352 e. The van der Waals surface area contributed by atoms with Crippen LogP contribution in [0.1, 0.15) is 45.7 Å². The molecule has 8 nitrogen and oxygen atoms in total. The second-order valence-electron chi connectivity index (χ2n) is 8.07. The Labute approximate surface area is 190 Å². The topological polar surface area (TPSA) is 128 Å². The van der Waals surface area contributed by atoms with Gasteiger partial charge in [-0.3, -0.25) is 9.52 Å². The van der Waals surface area contributed by atoms with Crippen LogP contribution in [0.2, 0.25) is 0 Å². The van der Waals surface area contributed by atoms with E-state index in [1.807, 2.05) is 0 Å². The molecule has 2 heterocycles. The predicted molar refractivity (Wildman–Crippen MR) is 125 cm³/mol. The van der Waals surface area contributed by atoms with Crippen molar-refractivity contribution in [3.63, 3.8) is 0 Å². The van der Waals surface area contributed by atoms with Crippen molar-refractivity contribution in [2.24, 2.45) is 0 Å². The highest BCUT2D eigenvalue weighted by atomic mass is 32.2. The zero-order valence-corrected chi connectivity index (χ0v) is 18.3. The monoisotopic (exact) mass is 463 g/mol. The lowest BCUT2D eigenvalue weighted by atomic mass is 9.91. The number of anilines is 2. The van der Waals surface area contributed by atoms with Crippen molar-refractivity contribution < 1.29 is 23.1 Å². The molecule has 33 heavy (non-hydrogen) atoms. The molecule has 0 atom stereocenters. The first-order valence-electron chi connectivity index (χ1n) is 10.6. The minimum atomic E-state index is -3.87. The van der Waals surface area contributed by atoms with Gasteiger partial charge in [-0.1, -0.05) is 18.2 Å². The number of amides is 1. The van der Waals surface area contributed by atoms with Crippen LogP contribution in [-0.4, -0.2) is 30.4 Å². The van der Waals surface area contributed by atoms with Crippen molar-refractivity contribution >= 4 is 44.9 Å². The first-order valence-corrected chi connectivity index (χ1v) is 12.0. The molecule has 0 radical (unpaired) electrons. The summed E-state index contributed by atoms with van der Waals surface area (Å²) in [5.74, 6) is -1.40. The summed E-state index contributed by atoms with van der Waals surface area (Å²) in [4.78, 5) is 27.4. The molecule has 1 aliphatic carbocycles. The normalized spacial score (nSPS) is 16.2. The third-order valence-corrected chi connectivity index (χ3v) is 7.35. The molecule has 0 fully saturated rings. The van der Waals surface area contributed by atoms with Crippen molar-refractivity contribution in [2.45, 2.75) is 30.6 Å². The van der Waals surface area contributed by atoms with Crippen LogP contribution in [0.4, 0.5) is 11.4 Å². The van der Waals surface area contributed by atoms with Gasteiger partial charge in [-0.15, -0.1) is 0 Å². The summed E-state index contributed by atoms with van der Waals surface area (Å²) >= 11 is 0. The van der Waals surface area contributed by atoms with E-state index in [0.29, 0.717) is 29.1 Å². The van der Waals surface area contributed by atoms with E-state index in [2.05, 4.69) is 15.0 Å². The number of nitrogens with one attached hydrogen (secondary N) is 3. The van der Waals surface area contributed by atoms with Gasteiger partial charge in [-0.05, 0) is 73.2 Å². The third-order valence-electron chi connectivity index (χ3n) is 5.97. The number of para-hydroxylation sites is 1. The van der Waals surface area contributed by atoms with Gasteiger partial charge in [0.2, 0.25) is 0 Å². The van der Waals surface area contributed by atoms with Crippen molar-refractivity contribution in [1.82, 2.24) is 4.98 Å². The second-order valence-corrected chi connectivity index (χ2v) is 9.76. The highest BCUT2D eigenvalue weighted by molar-refractivity contribution is 7.92. The molecule has 9 heteroatoms. The molecule has 5 rings (SSSR count). The lowest BCUT2D eigenvalue weighted by Gasteiger charge is -2.12. The van der Waals surface area contributed by atoms with Crippen LogP contribution >= 0.6 is 0 Å². The Balaban J connectivity index is 1.56. The minimum absolute atomic E-state index is 0.0206. The predicted octanol–water partition coefficient (Wildman–Crippen LogP) is 3.89. The Bertz CT molecular complexity index is 1420. The molecule has 0 bridgehead atoms. The summed E-state index contributed by atoms with van der Waals surface area (Å²) in [6.45, 7) is 0. The lowest BCUT2D eigenvalue weighted by Crippen LogP contribution is -2.13. The number of carbonyl (C=O) groups is 2.